The van der Waals surface area contributed by atoms with Crippen LogP contribution in [-0.4, -0.2) is 64.0 Å². The van der Waals surface area contributed by atoms with Crippen molar-refractivity contribution < 1.29 is 22.3 Å². The molecule has 0 radical (unpaired) electrons. The summed E-state index contributed by atoms with van der Waals surface area (Å²) in [7, 11) is -1.87. The number of morpholine rings is 1. The number of hydrogen-bond donors (Lipinski definition) is 2. The van der Waals surface area contributed by atoms with Crippen molar-refractivity contribution >= 4 is 27.9 Å². The van der Waals surface area contributed by atoms with E-state index in [0.29, 0.717) is 36.6 Å². The fraction of sp³-hybridized carbons (Fsp3) is 0.387. The first-order chi connectivity index (χ1) is 19.4. The number of sulfonamides is 1. The van der Waals surface area contributed by atoms with Crippen molar-refractivity contribution in [2.75, 3.05) is 50.4 Å². The number of anilines is 1. The van der Waals surface area contributed by atoms with Gasteiger partial charge in [0.2, 0.25) is 10.0 Å². The number of pyridine rings is 1. The standard InChI is InChI=1S/C31H38FN3O5S/c1-31(2,3)28-19-24(27-20-25(32)21-33-30(27)36)18-23(29(28)39-4)9-6-22-7-10-26(11-8-22)34-41(37,38)17-5-12-35-13-15-40-16-14-35/h6-11,18-21,34H,5,12-17H2,1-4H3,(H,33,36)/b9-6+. The number of H-pyrrole nitrogens is 1. The van der Waals surface area contributed by atoms with Gasteiger partial charge in [-0.2, -0.15) is 0 Å². The third-order valence-corrected chi connectivity index (χ3v) is 8.31. The fourth-order valence-electron chi connectivity index (χ4n) is 4.77. The Morgan fingerprint density at radius 1 is 1.10 bits per heavy atom. The van der Waals surface area contributed by atoms with E-state index in [2.05, 4.69) is 14.6 Å². The van der Waals surface area contributed by atoms with E-state index in [1.807, 2.05) is 51.1 Å². The molecule has 1 fully saturated rings. The van der Waals surface area contributed by atoms with Gasteiger partial charge in [-0.25, -0.2) is 12.8 Å². The number of nitrogens with zero attached hydrogens (tertiary/aromatic N) is 1. The average molecular weight is 584 g/mol. The van der Waals surface area contributed by atoms with E-state index >= 15 is 0 Å². The maximum atomic E-state index is 14.0. The van der Waals surface area contributed by atoms with Crippen LogP contribution in [0.15, 0.2) is 53.5 Å². The Balaban J connectivity index is 1.52. The molecule has 1 aliphatic heterocycles. The minimum atomic E-state index is -3.47. The van der Waals surface area contributed by atoms with Crippen LogP contribution in [-0.2, 0) is 20.2 Å². The highest BCUT2D eigenvalue weighted by Gasteiger charge is 2.23. The predicted molar refractivity (Wildman–Crippen MR) is 162 cm³/mol. The first-order valence-corrected chi connectivity index (χ1v) is 15.3. The van der Waals surface area contributed by atoms with Gasteiger partial charge in [-0.05, 0) is 59.8 Å². The molecule has 2 heterocycles. The maximum Gasteiger partial charge on any atom is 0.256 e. The topological polar surface area (TPSA) is 101 Å². The highest BCUT2D eigenvalue weighted by molar-refractivity contribution is 7.92. The maximum absolute atomic E-state index is 14.0. The van der Waals surface area contributed by atoms with Crippen molar-refractivity contribution in [1.29, 1.82) is 0 Å². The number of aromatic nitrogens is 1. The van der Waals surface area contributed by atoms with Gasteiger partial charge in [-0.15, -0.1) is 0 Å². The lowest BCUT2D eigenvalue weighted by atomic mass is 9.83. The number of rotatable bonds is 10. The molecule has 0 saturated carbocycles. The average Bonchev–Trinajstić information content (AvgIpc) is 2.93. The van der Waals surface area contributed by atoms with Gasteiger partial charge < -0.3 is 14.5 Å². The minimum absolute atomic E-state index is 0.0480. The molecule has 10 heteroatoms. The summed E-state index contributed by atoms with van der Waals surface area (Å²) in [4.78, 5) is 17.2. The van der Waals surface area contributed by atoms with Crippen LogP contribution in [0.1, 0.15) is 43.9 Å². The Morgan fingerprint density at radius 3 is 2.46 bits per heavy atom. The zero-order valence-electron chi connectivity index (χ0n) is 24.0. The molecule has 41 heavy (non-hydrogen) atoms. The van der Waals surface area contributed by atoms with E-state index in [-0.39, 0.29) is 22.3 Å². The van der Waals surface area contributed by atoms with Gasteiger partial charge in [0.1, 0.15) is 11.6 Å². The monoisotopic (exact) mass is 583 g/mol. The summed E-state index contributed by atoms with van der Waals surface area (Å²) < 4.78 is 52.9. The van der Waals surface area contributed by atoms with E-state index in [1.165, 1.54) is 6.07 Å². The summed E-state index contributed by atoms with van der Waals surface area (Å²) in [6.07, 6.45) is 5.34. The lowest BCUT2D eigenvalue weighted by Crippen LogP contribution is -2.37. The van der Waals surface area contributed by atoms with Crippen molar-refractivity contribution in [3.05, 3.63) is 81.5 Å². The van der Waals surface area contributed by atoms with Crippen molar-refractivity contribution in [2.24, 2.45) is 0 Å². The highest BCUT2D eigenvalue weighted by atomic mass is 32.2. The van der Waals surface area contributed by atoms with Gasteiger partial charge in [-0.1, -0.05) is 45.1 Å². The number of aromatic amines is 1. The second kappa shape index (κ2) is 13.0. The molecule has 1 saturated heterocycles. The molecule has 220 valence electrons. The van der Waals surface area contributed by atoms with E-state index in [1.54, 1.807) is 25.3 Å². The quantitative estimate of drug-likeness (QED) is 0.322. The lowest BCUT2D eigenvalue weighted by molar-refractivity contribution is 0.0381. The smallest absolute Gasteiger partial charge is 0.256 e. The Morgan fingerprint density at radius 2 is 1.80 bits per heavy atom. The third kappa shape index (κ3) is 8.28. The van der Waals surface area contributed by atoms with Crippen molar-refractivity contribution in [3.8, 4) is 16.9 Å². The van der Waals surface area contributed by atoms with Crippen LogP contribution in [0.25, 0.3) is 23.3 Å². The van der Waals surface area contributed by atoms with E-state index in [0.717, 1.165) is 42.5 Å². The van der Waals surface area contributed by atoms with Gasteiger partial charge in [0.05, 0.1) is 26.1 Å². The Hall–Kier alpha value is -3.47. The van der Waals surface area contributed by atoms with E-state index < -0.39 is 15.8 Å². The second-order valence-corrected chi connectivity index (χ2v) is 13.0. The van der Waals surface area contributed by atoms with Gasteiger partial charge in [0.25, 0.3) is 5.56 Å². The molecular formula is C31H38FN3O5S. The van der Waals surface area contributed by atoms with Gasteiger partial charge in [0, 0.05) is 41.7 Å². The Bertz CT molecular complexity index is 1540. The van der Waals surface area contributed by atoms with Gasteiger partial charge in [0.15, 0.2) is 0 Å². The summed E-state index contributed by atoms with van der Waals surface area (Å²) in [5, 5.41) is 0. The summed E-state index contributed by atoms with van der Waals surface area (Å²) in [6.45, 7) is 9.89. The number of benzene rings is 2. The first kappa shape index (κ1) is 30.5. The van der Waals surface area contributed by atoms with E-state index in [4.69, 9.17) is 9.47 Å². The summed E-state index contributed by atoms with van der Waals surface area (Å²) >= 11 is 0. The molecule has 0 amide bonds. The number of nitrogens with one attached hydrogen (secondary N) is 2. The van der Waals surface area contributed by atoms with Gasteiger partial charge in [-0.3, -0.25) is 14.4 Å². The van der Waals surface area contributed by atoms with Crippen molar-refractivity contribution in [1.82, 2.24) is 9.88 Å². The molecule has 0 bridgehead atoms. The largest absolute Gasteiger partial charge is 0.496 e. The lowest BCUT2D eigenvalue weighted by Gasteiger charge is -2.26. The van der Waals surface area contributed by atoms with Gasteiger partial charge >= 0.3 is 0 Å². The molecular weight excluding hydrogens is 545 g/mol. The minimum Gasteiger partial charge on any atom is -0.496 e. The molecule has 0 atom stereocenters. The van der Waals surface area contributed by atoms with Crippen LogP contribution in [0.4, 0.5) is 10.1 Å². The number of hydrogen-bond acceptors (Lipinski definition) is 6. The first-order valence-electron chi connectivity index (χ1n) is 13.6. The molecule has 0 unspecified atom stereocenters. The molecule has 1 aliphatic rings. The highest BCUT2D eigenvalue weighted by Crippen LogP contribution is 2.38. The van der Waals surface area contributed by atoms with Crippen LogP contribution in [0, 0.1) is 5.82 Å². The molecule has 1 aromatic heterocycles. The molecule has 2 N–H and O–H groups in total. The number of methoxy groups -OCH3 is 1. The predicted octanol–water partition coefficient (Wildman–Crippen LogP) is 5.12. The van der Waals surface area contributed by atoms with Crippen LogP contribution in [0.2, 0.25) is 0 Å². The number of ether oxygens (including phenoxy) is 2. The zero-order valence-corrected chi connectivity index (χ0v) is 24.8. The molecule has 2 aromatic carbocycles. The van der Waals surface area contributed by atoms with Crippen LogP contribution in [0.3, 0.4) is 0 Å². The SMILES string of the molecule is COc1c(/C=C/c2ccc(NS(=O)(=O)CCCN3CCOCC3)cc2)cc(-c2cc(F)c[nH]c2=O)cc1C(C)(C)C. The van der Waals surface area contributed by atoms with E-state index in [9.17, 15) is 17.6 Å². The number of halogens is 1. The van der Waals surface area contributed by atoms with Crippen LogP contribution in [0.5, 0.6) is 5.75 Å². The summed E-state index contributed by atoms with van der Waals surface area (Å²) in [6, 6.07) is 12.0. The van der Waals surface area contributed by atoms with Crippen LogP contribution < -0.4 is 15.0 Å². The molecule has 0 spiro atoms. The zero-order chi connectivity index (χ0) is 29.6. The van der Waals surface area contributed by atoms with Crippen LogP contribution >= 0.6 is 0 Å². The fourth-order valence-corrected chi connectivity index (χ4v) is 5.88. The second-order valence-electron chi connectivity index (χ2n) is 11.1. The third-order valence-electron chi connectivity index (χ3n) is 6.94. The van der Waals surface area contributed by atoms with Crippen molar-refractivity contribution in [2.45, 2.75) is 32.6 Å². The Kier molecular flexibility index (Phi) is 9.68. The normalized spacial score (nSPS) is 14.9. The summed E-state index contributed by atoms with van der Waals surface area (Å²) in [5.74, 6) is 0.177. The molecule has 3 aromatic rings. The molecule has 8 nitrogen and oxygen atoms in total. The van der Waals surface area contributed by atoms with Crippen molar-refractivity contribution in [3.63, 3.8) is 0 Å². The summed E-state index contributed by atoms with van der Waals surface area (Å²) in [5.41, 5.74) is 3.05. The Labute approximate surface area is 241 Å². The molecule has 0 aliphatic carbocycles. The molecule has 4 rings (SSSR count).